The van der Waals surface area contributed by atoms with Crippen molar-refractivity contribution in [1.29, 1.82) is 0 Å². The van der Waals surface area contributed by atoms with Gasteiger partial charge in [-0.25, -0.2) is 0 Å². The van der Waals surface area contributed by atoms with Gasteiger partial charge in [0.2, 0.25) is 0 Å². The number of hydrogen-bond donors (Lipinski definition) is 0. The van der Waals surface area contributed by atoms with Crippen LogP contribution in [0.5, 0.6) is 11.5 Å². The average Bonchev–Trinajstić information content (AvgIpc) is 2.54. The number of likely N-dealkylation sites (N-methyl/N-ethyl adjacent to an activating group) is 1. The molecule has 5 nitrogen and oxygen atoms in total. The lowest BCUT2D eigenvalue weighted by Gasteiger charge is -2.29. The molecule has 0 saturated heterocycles. The quantitative estimate of drug-likeness (QED) is 0.800. The summed E-state index contributed by atoms with van der Waals surface area (Å²) in [6, 6.07) is 4.00. The first-order valence-electron chi connectivity index (χ1n) is 7.22. The first-order chi connectivity index (χ1) is 10.0. The van der Waals surface area contributed by atoms with Gasteiger partial charge in [-0.2, -0.15) is 0 Å². The Morgan fingerprint density at radius 3 is 2.33 bits per heavy atom. The van der Waals surface area contributed by atoms with Crippen LogP contribution in [0, 0.1) is 0 Å². The van der Waals surface area contributed by atoms with Gasteiger partial charge in [-0.05, 0) is 17.7 Å². The van der Waals surface area contributed by atoms with Crippen LogP contribution in [-0.2, 0) is 15.9 Å². The second kappa shape index (κ2) is 6.64. The zero-order valence-electron chi connectivity index (χ0n) is 13.6. The molecule has 1 aliphatic heterocycles. The Morgan fingerprint density at radius 2 is 1.71 bits per heavy atom. The normalized spacial score (nSPS) is 21.7. The second-order valence-corrected chi connectivity index (χ2v) is 5.98. The summed E-state index contributed by atoms with van der Waals surface area (Å²) in [6.45, 7) is 2.67. The maximum atomic E-state index is 5.91. The molecule has 0 N–H and O–H groups in total. The highest BCUT2D eigenvalue weighted by Gasteiger charge is 2.25. The van der Waals surface area contributed by atoms with Gasteiger partial charge in [-0.1, -0.05) is 0 Å². The Balaban J connectivity index is 2.45. The van der Waals surface area contributed by atoms with Crippen LogP contribution in [0.3, 0.4) is 0 Å². The van der Waals surface area contributed by atoms with E-state index in [1.54, 1.807) is 21.3 Å². The molecule has 0 radical (unpaired) electrons. The van der Waals surface area contributed by atoms with E-state index in [2.05, 4.69) is 14.1 Å². The highest BCUT2D eigenvalue weighted by molar-refractivity contribution is 5.48. The largest absolute Gasteiger partial charge is 0.493 e. The maximum absolute atomic E-state index is 5.91. The fourth-order valence-electron chi connectivity index (χ4n) is 2.60. The fraction of sp³-hybridized carbons (Fsp3) is 0.625. The Kier molecular flexibility index (Phi) is 5.08. The molecule has 1 heterocycles. The summed E-state index contributed by atoms with van der Waals surface area (Å²) < 4.78 is 23.2. The topological polar surface area (TPSA) is 36.9 Å². The Morgan fingerprint density at radius 1 is 1.05 bits per heavy atom. The number of quaternary nitrogens is 1. The zero-order chi connectivity index (χ0) is 15.5. The van der Waals surface area contributed by atoms with Crippen molar-refractivity contribution in [2.75, 3.05) is 55.1 Å². The molecule has 0 aliphatic carbocycles. The minimum atomic E-state index is -0.363. The smallest absolute Gasteiger partial charge is 0.184 e. The average molecular weight is 296 g/mol. The maximum Gasteiger partial charge on any atom is 0.184 e. The zero-order valence-corrected chi connectivity index (χ0v) is 13.6. The molecule has 118 valence electrons. The van der Waals surface area contributed by atoms with E-state index in [-0.39, 0.29) is 6.29 Å². The molecule has 1 aromatic carbocycles. The van der Waals surface area contributed by atoms with Crippen molar-refractivity contribution in [2.24, 2.45) is 0 Å². The summed E-state index contributed by atoms with van der Waals surface area (Å²) in [4.78, 5) is 0. The van der Waals surface area contributed by atoms with Gasteiger partial charge in [0, 0.05) is 19.1 Å². The van der Waals surface area contributed by atoms with Crippen molar-refractivity contribution in [3.05, 3.63) is 23.3 Å². The summed E-state index contributed by atoms with van der Waals surface area (Å²) in [5, 5.41) is 0. The molecule has 0 spiro atoms. The summed E-state index contributed by atoms with van der Waals surface area (Å²) in [5.74, 6) is 1.45. The third-order valence-corrected chi connectivity index (χ3v) is 4.07. The first-order valence-corrected chi connectivity index (χ1v) is 7.22. The summed E-state index contributed by atoms with van der Waals surface area (Å²) >= 11 is 0. The molecule has 0 aromatic heterocycles. The van der Waals surface area contributed by atoms with Crippen molar-refractivity contribution in [3.8, 4) is 11.5 Å². The lowest BCUT2D eigenvalue weighted by molar-refractivity contribution is -0.890. The van der Waals surface area contributed by atoms with Gasteiger partial charge in [-0.15, -0.1) is 0 Å². The van der Waals surface area contributed by atoms with Crippen LogP contribution < -0.4 is 9.47 Å². The molecule has 0 fully saturated rings. The standard InChI is InChI=1S/C16H26NO4/c1-17(2)7-6-12-10-14(18-3)15(19-4)11-13(12)16(20-5)21-9-8-17/h10-11,16H,6-9H2,1-5H3/q+1/t16-/m0/s1. The molecule has 1 aliphatic rings. The molecule has 0 saturated carbocycles. The van der Waals surface area contributed by atoms with Crippen LogP contribution in [0.2, 0.25) is 0 Å². The van der Waals surface area contributed by atoms with Gasteiger partial charge in [0.15, 0.2) is 17.8 Å². The molecule has 0 bridgehead atoms. The van der Waals surface area contributed by atoms with E-state index >= 15 is 0 Å². The molecule has 1 atom stereocenters. The van der Waals surface area contributed by atoms with Gasteiger partial charge in [0.05, 0.1) is 41.5 Å². The van der Waals surface area contributed by atoms with Crippen LogP contribution in [0.25, 0.3) is 0 Å². The highest BCUT2D eigenvalue weighted by Crippen LogP contribution is 2.35. The van der Waals surface area contributed by atoms with E-state index in [0.717, 1.165) is 35.3 Å². The van der Waals surface area contributed by atoms with E-state index in [1.165, 1.54) is 5.56 Å². The van der Waals surface area contributed by atoms with E-state index in [4.69, 9.17) is 18.9 Å². The van der Waals surface area contributed by atoms with Crippen LogP contribution in [0.15, 0.2) is 12.1 Å². The minimum Gasteiger partial charge on any atom is -0.493 e. The Labute approximate surface area is 126 Å². The van der Waals surface area contributed by atoms with Crippen molar-refractivity contribution in [3.63, 3.8) is 0 Å². The number of rotatable bonds is 3. The number of hydrogen-bond acceptors (Lipinski definition) is 4. The molecular formula is C16H26NO4+. The molecule has 5 heteroatoms. The number of benzene rings is 1. The van der Waals surface area contributed by atoms with Crippen molar-refractivity contribution in [1.82, 2.24) is 0 Å². The second-order valence-electron chi connectivity index (χ2n) is 5.98. The lowest BCUT2D eigenvalue weighted by Crippen LogP contribution is -2.43. The third kappa shape index (κ3) is 3.67. The van der Waals surface area contributed by atoms with E-state index < -0.39 is 0 Å². The van der Waals surface area contributed by atoms with Gasteiger partial charge in [0.25, 0.3) is 0 Å². The number of fused-ring (bicyclic) bond motifs is 1. The van der Waals surface area contributed by atoms with E-state index in [1.807, 2.05) is 12.1 Å². The highest BCUT2D eigenvalue weighted by atomic mass is 16.7. The number of ether oxygens (including phenoxy) is 4. The molecular weight excluding hydrogens is 270 g/mol. The number of methoxy groups -OCH3 is 3. The molecule has 0 unspecified atom stereocenters. The Bertz CT molecular complexity index is 487. The van der Waals surface area contributed by atoms with Crippen molar-refractivity contribution in [2.45, 2.75) is 12.7 Å². The van der Waals surface area contributed by atoms with Crippen LogP contribution in [-0.4, -0.2) is 59.6 Å². The van der Waals surface area contributed by atoms with Gasteiger partial charge in [0.1, 0.15) is 6.54 Å². The fourth-order valence-corrected chi connectivity index (χ4v) is 2.60. The third-order valence-electron chi connectivity index (χ3n) is 4.07. The van der Waals surface area contributed by atoms with Crippen molar-refractivity contribution < 1.29 is 23.4 Å². The Hall–Kier alpha value is -1.30. The molecule has 0 amide bonds. The van der Waals surface area contributed by atoms with Crippen LogP contribution >= 0.6 is 0 Å². The van der Waals surface area contributed by atoms with Crippen molar-refractivity contribution >= 4 is 0 Å². The van der Waals surface area contributed by atoms with Gasteiger partial charge < -0.3 is 23.4 Å². The molecule has 1 aromatic rings. The molecule has 21 heavy (non-hydrogen) atoms. The minimum absolute atomic E-state index is 0.363. The molecule has 2 rings (SSSR count). The van der Waals surface area contributed by atoms with E-state index in [0.29, 0.717) is 12.4 Å². The SMILES string of the molecule is COc1cc2c(cc1OC)[C@@H](OC)OCC[N+](C)(C)CC2. The predicted molar refractivity (Wildman–Crippen MR) is 80.8 cm³/mol. The summed E-state index contributed by atoms with van der Waals surface area (Å²) in [6.07, 6.45) is 0.587. The summed E-state index contributed by atoms with van der Waals surface area (Å²) in [5.41, 5.74) is 2.21. The van der Waals surface area contributed by atoms with Crippen LogP contribution in [0.1, 0.15) is 17.4 Å². The monoisotopic (exact) mass is 296 g/mol. The predicted octanol–water partition coefficient (Wildman–Crippen LogP) is 2.00. The number of nitrogens with zero attached hydrogens (tertiary/aromatic N) is 1. The first kappa shape index (κ1) is 16.1. The summed E-state index contributed by atoms with van der Waals surface area (Å²) in [7, 11) is 9.41. The van der Waals surface area contributed by atoms with Gasteiger partial charge in [-0.3, -0.25) is 0 Å². The van der Waals surface area contributed by atoms with Crippen LogP contribution in [0.4, 0.5) is 0 Å². The van der Waals surface area contributed by atoms with E-state index in [9.17, 15) is 0 Å². The van der Waals surface area contributed by atoms with Gasteiger partial charge >= 0.3 is 0 Å². The lowest BCUT2D eigenvalue weighted by atomic mass is 10.0.